The first kappa shape index (κ1) is 11.1. The van der Waals surface area contributed by atoms with E-state index in [4.69, 9.17) is 4.74 Å². The van der Waals surface area contributed by atoms with Crippen molar-refractivity contribution in [2.75, 3.05) is 0 Å². The number of aryl methyl sites for hydroxylation is 2. The van der Waals surface area contributed by atoms with E-state index in [1.165, 1.54) is 0 Å². The molecule has 0 aliphatic carbocycles. The molecular formula is C13H12BrNO. The zero-order chi connectivity index (χ0) is 11.5. The van der Waals surface area contributed by atoms with Crippen LogP contribution in [0, 0.1) is 13.8 Å². The van der Waals surface area contributed by atoms with Crippen molar-refractivity contribution in [1.29, 1.82) is 0 Å². The lowest BCUT2D eigenvalue weighted by Gasteiger charge is -2.08. The van der Waals surface area contributed by atoms with Crippen LogP contribution in [0.15, 0.2) is 41.0 Å². The Hall–Kier alpha value is -1.35. The summed E-state index contributed by atoms with van der Waals surface area (Å²) in [5.74, 6) is 1.46. The number of aromatic nitrogens is 1. The molecule has 0 N–H and O–H groups in total. The van der Waals surface area contributed by atoms with Crippen LogP contribution >= 0.6 is 15.9 Å². The largest absolute Gasteiger partial charge is 0.439 e. The SMILES string of the molecule is Cc1cc(Oc2ccccc2C)ncc1Br. The van der Waals surface area contributed by atoms with Gasteiger partial charge >= 0.3 is 0 Å². The maximum absolute atomic E-state index is 5.71. The summed E-state index contributed by atoms with van der Waals surface area (Å²) in [6.45, 7) is 4.03. The van der Waals surface area contributed by atoms with Gasteiger partial charge in [-0.2, -0.15) is 0 Å². The van der Waals surface area contributed by atoms with E-state index in [0.717, 1.165) is 21.3 Å². The van der Waals surface area contributed by atoms with Gasteiger partial charge < -0.3 is 4.74 Å². The molecule has 2 nitrogen and oxygen atoms in total. The molecule has 0 unspecified atom stereocenters. The van der Waals surface area contributed by atoms with Crippen molar-refractivity contribution in [1.82, 2.24) is 4.98 Å². The molecule has 0 radical (unpaired) electrons. The van der Waals surface area contributed by atoms with E-state index in [0.29, 0.717) is 5.88 Å². The standard InChI is InChI=1S/C13H12BrNO/c1-9-5-3-4-6-12(9)16-13-7-10(2)11(14)8-15-13/h3-8H,1-2H3. The number of halogens is 1. The zero-order valence-electron chi connectivity index (χ0n) is 9.20. The molecule has 0 atom stereocenters. The zero-order valence-corrected chi connectivity index (χ0v) is 10.8. The number of nitrogens with zero attached hydrogens (tertiary/aromatic N) is 1. The molecule has 0 saturated heterocycles. The van der Waals surface area contributed by atoms with Crippen LogP contribution in [-0.4, -0.2) is 4.98 Å². The Bertz CT molecular complexity index is 511. The fourth-order valence-electron chi connectivity index (χ4n) is 1.35. The van der Waals surface area contributed by atoms with E-state index in [9.17, 15) is 0 Å². The summed E-state index contributed by atoms with van der Waals surface area (Å²) in [6.07, 6.45) is 1.75. The number of hydrogen-bond donors (Lipinski definition) is 0. The lowest BCUT2D eigenvalue weighted by molar-refractivity contribution is 0.459. The average molecular weight is 278 g/mol. The van der Waals surface area contributed by atoms with Gasteiger partial charge in [-0.05, 0) is 47.0 Å². The number of para-hydroxylation sites is 1. The summed E-state index contributed by atoms with van der Waals surface area (Å²) >= 11 is 3.41. The third kappa shape index (κ3) is 2.42. The first-order valence-electron chi connectivity index (χ1n) is 5.02. The lowest BCUT2D eigenvalue weighted by atomic mass is 10.2. The molecule has 0 aliphatic heterocycles. The summed E-state index contributed by atoms with van der Waals surface area (Å²) in [4.78, 5) is 4.21. The van der Waals surface area contributed by atoms with E-state index in [2.05, 4.69) is 20.9 Å². The molecule has 3 heteroatoms. The topological polar surface area (TPSA) is 22.1 Å². The Balaban J connectivity index is 2.28. The fraction of sp³-hybridized carbons (Fsp3) is 0.154. The van der Waals surface area contributed by atoms with Gasteiger partial charge in [-0.1, -0.05) is 18.2 Å². The van der Waals surface area contributed by atoms with Crippen LogP contribution in [0.3, 0.4) is 0 Å². The molecule has 2 rings (SSSR count). The molecule has 0 bridgehead atoms. The van der Waals surface area contributed by atoms with Crippen LogP contribution in [0.2, 0.25) is 0 Å². The van der Waals surface area contributed by atoms with Crippen LogP contribution in [-0.2, 0) is 0 Å². The Morgan fingerprint density at radius 3 is 2.56 bits per heavy atom. The van der Waals surface area contributed by atoms with Gasteiger partial charge in [-0.25, -0.2) is 4.98 Å². The summed E-state index contributed by atoms with van der Waals surface area (Å²) in [6, 6.07) is 9.81. The number of hydrogen-bond acceptors (Lipinski definition) is 2. The number of ether oxygens (including phenoxy) is 1. The van der Waals surface area contributed by atoms with Crippen molar-refractivity contribution in [3.63, 3.8) is 0 Å². The first-order valence-corrected chi connectivity index (χ1v) is 5.82. The number of rotatable bonds is 2. The van der Waals surface area contributed by atoms with Gasteiger partial charge in [0.25, 0.3) is 0 Å². The minimum absolute atomic E-state index is 0.620. The quantitative estimate of drug-likeness (QED) is 0.819. The highest BCUT2D eigenvalue weighted by Crippen LogP contribution is 2.25. The third-order valence-electron chi connectivity index (χ3n) is 2.33. The van der Waals surface area contributed by atoms with Gasteiger partial charge in [-0.3, -0.25) is 0 Å². The second-order valence-corrected chi connectivity index (χ2v) is 4.49. The molecule has 1 heterocycles. The van der Waals surface area contributed by atoms with Crippen molar-refractivity contribution in [3.8, 4) is 11.6 Å². The Morgan fingerprint density at radius 2 is 1.88 bits per heavy atom. The van der Waals surface area contributed by atoms with E-state index in [1.807, 2.05) is 44.2 Å². The molecule has 16 heavy (non-hydrogen) atoms. The minimum atomic E-state index is 0.620. The second-order valence-electron chi connectivity index (χ2n) is 3.64. The van der Waals surface area contributed by atoms with Crippen molar-refractivity contribution in [2.45, 2.75) is 13.8 Å². The molecule has 0 fully saturated rings. The number of pyridine rings is 1. The predicted molar refractivity (Wildman–Crippen MR) is 67.9 cm³/mol. The van der Waals surface area contributed by atoms with Crippen molar-refractivity contribution in [3.05, 3.63) is 52.1 Å². The highest BCUT2D eigenvalue weighted by atomic mass is 79.9. The van der Waals surface area contributed by atoms with E-state index >= 15 is 0 Å². The van der Waals surface area contributed by atoms with E-state index < -0.39 is 0 Å². The molecule has 0 spiro atoms. The van der Waals surface area contributed by atoms with E-state index in [1.54, 1.807) is 6.20 Å². The smallest absolute Gasteiger partial charge is 0.219 e. The molecular weight excluding hydrogens is 266 g/mol. The second kappa shape index (κ2) is 4.66. The van der Waals surface area contributed by atoms with Crippen LogP contribution in [0.25, 0.3) is 0 Å². The third-order valence-corrected chi connectivity index (χ3v) is 3.16. The molecule has 0 saturated carbocycles. The van der Waals surface area contributed by atoms with Gasteiger partial charge in [0.15, 0.2) is 0 Å². The van der Waals surface area contributed by atoms with E-state index in [-0.39, 0.29) is 0 Å². The molecule has 1 aromatic heterocycles. The summed E-state index contributed by atoms with van der Waals surface area (Å²) in [7, 11) is 0. The van der Waals surface area contributed by atoms with Gasteiger partial charge in [-0.15, -0.1) is 0 Å². The molecule has 82 valence electrons. The van der Waals surface area contributed by atoms with Crippen LogP contribution in [0.4, 0.5) is 0 Å². The molecule has 0 amide bonds. The van der Waals surface area contributed by atoms with Crippen molar-refractivity contribution >= 4 is 15.9 Å². The normalized spacial score (nSPS) is 10.2. The van der Waals surface area contributed by atoms with Gasteiger partial charge in [0, 0.05) is 16.7 Å². The molecule has 1 aromatic carbocycles. The predicted octanol–water partition coefficient (Wildman–Crippen LogP) is 4.25. The van der Waals surface area contributed by atoms with Crippen LogP contribution in [0.5, 0.6) is 11.6 Å². The van der Waals surface area contributed by atoms with Crippen molar-refractivity contribution in [2.24, 2.45) is 0 Å². The highest BCUT2D eigenvalue weighted by Gasteiger charge is 2.03. The Labute approximate surface area is 103 Å². The van der Waals surface area contributed by atoms with Gasteiger partial charge in [0.2, 0.25) is 5.88 Å². The number of benzene rings is 1. The monoisotopic (exact) mass is 277 g/mol. The van der Waals surface area contributed by atoms with Gasteiger partial charge in [0.1, 0.15) is 5.75 Å². The maximum Gasteiger partial charge on any atom is 0.219 e. The summed E-state index contributed by atoms with van der Waals surface area (Å²) < 4.78 is 6.70. The van der Waals surface area contributed by atoms with Crippen LogP contribution in [0.1, 0.15) is 11.1 Å². The average Bonchev–Trinajstić information content (AvgIpc) is 2.27. The Morgan fingerprint density at radius 1 is 1.12 bits per heavy atom. The summed E-state index contributed by atoms with van der Waals surface area (Å²) in [5, 5.41) is 0. The minimum Gasteiger partial charge on any atom is -0.439 e. The van der Waals surface area contributed by atoms with Crippen LogP contribution < -0.4 is 4.74 Å². The molecule has 2 aromatic rings. The first-order chi connectivity index (χ1) is 7.66. The van der Waals surface area contributed by atoms with Crippen molar-refractivity contribution < 1.29 is 4.74 Å². The Kier molecular flexibility index (Phi) is 3.25. The highest BCUT2D eigenvalue weighted by molar-refractivity contribution is 9.10. The molecule has 0 aliphatic rings. The van der Waals surface area contributed by atoms with Gasteiger partial charge in [0.05, 0.1) is 0 Å². The summed E-state index contributed by atoms with van der Waals surface area (Å²) in [5.41, 5.74) is 2.21. The maximum atomic E-state index is 5.71. The lowest BCUT2D eigenvalue weighted by Crippen LogP contribution is -1.91. The fourth-order valence-corrected chi connectivity index (χ4v) is 1.57.